The van der Waals surface area contributed by atoms with Crippen LogP contribution in [0.15, 0.2) is 33.7 Å². The summed E-state index contributed by atoms with van der Waals surface area (Å²) in [5, 5.41) is 13.9. The van der Waals surface area contributed by atoms with Crippen molar-refractivity contribution >= 4 is 21.6 Å². The van der Waals surface area contributed by atoms with Crippen molar-refractivity contribution in [3.8, 4) is 0 Å². The third-order valence-electron chi connectivity index (χ3n) is 6.84. The molecule has 0 bridgehead atoms. The van der Waals surface area contributed by atoms with E-state index in [2.05, 4.69) is 30.8 Å². The summed E-state index contributed by atoms with van der Waals surface area (Å²) in [7, 11) is -3.21. The first kappa shape index (κ1) is 23.5. The lowest BCUT2D eigenvalue weighted by Gasteiger charge is -2.43. The summed E-state index contributed by atoms with van der Waals surface area (Å²) in [6.07, 6.45) is 2.55. The van der Waals surface area contributed by atoms with Gasteiger partial charge in [0, 0.05) is 49.5 Å². The number of carboxylic acid groups (broad SMARTS) is 1. The van der Waals surface area contributed by atoms with Crippen molar-refractivity contribution in [3.05, 3.63) is 36.0 Å². The molecule has 1 aromatic carbocycles. The number of hydrogen-bond donors (Lipinski definition) is 1. The van der Waals surface area contributed by atoms with Gasteiger partial charge in [0.2, 0.25) is 5.89 Å². The van der Waals surface area contributed by atoms with E-state index in [9.17, 15) is 18.3 Å². The highest BCUT2D eigenvalue weighted by Crippen LogP contribution is 2.39. The zero-order chi connectivity index (χ0) is 24.0. The number of likely N-dealkylation sites (tertiary alicyclic amines) is 1. The van der Waals surface area contributed by atoms with E-state index < -0.39 is 15.9 Å². The zero-order valence-electron chi connectivity index (χ0n) is 19.6. The van der Waals surface area contributed by atoms with Gasteiger partial charge in [-0.2, -0.15) is 4.98 Å². The van der Waals surface area contributed by atoms with Crippen molar-refractivity contribution < 1.29 is 22.8 Å². The van der Waals surface area contributed by atoms with Crippen LogP contribution in [0.5, 0.6) is 0 Å². The third-order valence-corrected chi connectivity index (χ3v) is 7.97. The number of rotatable bonds is 4. The normalized spacial score (nSPS) is 24.3. The van der Waals surface area contributed by atoms with E-state index in [-0.39, 0.29) is 23.3 Å². The topological polar surface area (TPSA) is 117 Å². The lowest BCUT2D eigenvalue weighted by molar-refractivity contribution is 0.0483. The molecule has 2 aromatic rings. The Morgan fingerprint density at radius 2 is 1.79 bits per heavy atom. The van der Waals surface area contributed by atoms with Gasteiger partial charge in [0.15, 0.2) is 15.7 Å². The van der Waals surface area contributed by atoms with Crippen LogP contribution in [0.2, 0.25) is 0 Å². The Bertz CT molecular complexity index is 1110. The minimum Gasteiger partial charge on any atom is -0.465 e. The summed E-state index contributed by atoms with van der Waals surface area (Å²) in [6.45, 7) is 8.20. The molecule has 180 valence electrons. The number of amides is 1. The standard InChI is InChI=1S/C23H32N4O5S/c1-23(2,3)19-13-15(10-12-27(19)22(28)29)21-24-20(25-32-21)16-9-11-26(14-16)17-5-7-18(8-6-17)33(4,30)31/h5-8,15-16,19H,9-14H2,1-4H3,(H,28,29). The Balaban J connectivity index is 1.43. The second-order valence-electron chi connectivity index (χ2n) is 10.3. The number of carbonyl (C=O) groups is 1. The number of benzene rings is 1. The molecular weight excluding hydrogens is 444 g/mol. The van der Waals surface area contributed by atoms with Crippen molar-refractivity contribution in [2.45, 2.75) is 62.8 Å². The van der Waals surface area contributed by atoms with Crippen LogP contribution in [-0.2, 0) is 9.84 Å². The monoisotopic (exact) mass is 476 g/mol. The Kier molecular flexibility index (Phi) is 6.15. The second-order valence-corrected chi connectivity index (χ2v) is 12.3. The van der Waals surface area contributed by atoms with Crippen LogP contribution >= 0.6 is 0 Å². The van der Waals surface area contributed by atoms with Gasteiger partial charge < -0.3 is 19.4 Å². The van der Waals surface area contributed by atoms with Gasteiger partial charge in [0.05, 0.1) is 4.90 Å². The minimum atomic E-state index is -3.21. The number of anilines is 1. The van der Waals surface area contributed by atoms with Crippen molar-refractivity contribution in [3.63, 3.8) is 0 Å². The molecule has 1 amide bonds. The first-order valence-corrected chi connectivity index (χ1v) is 13.2. The molecule has 1 aromatic heterocycles. The van der Waals surface area contributed by atoms with E-state index in [1.54, 1.807) is 12.1 Å². The highest BCUT2D eigenvalue weighted by atomic mass is 32.2. The molecule has 0 spiro atoms. The summed E-state index contributed by atoms with van der Waals surface area (Å²) in [5.41, 5.74) is 0.793. The molecule has 0 aliphatic carbocycles. The average molecular weight is 477 g/mol. The molecule has 33 heavy (non-hydrogen) atoms. The van der Waals surface area contributed by atoms with Crippen LogP contribution in [0.4, 0.5) is 10.5 Å². The first-order valence-electron chi connectivity index (χ1n) is 11.3. The number of nitrogens with zero attached hydrogens (tertiary/aromatic N) is 4. The second kappa shape index (κ2) is 8.62. The molecule has 3 heterocycles. The Morgan fingerprint density at radius 1 is 1.12 bits per heavy atom. The first-order chi connectivity index (χ1) is 15.4. The number of hydrogen-bond acceptors (Lipinski definition) is 7. The summed E-state index contributed by atoms with van der Waals surface area (Å²) >= 11 is 0. The molecule has 3 atom stereocenters. The fraction of sp³-hybridized carbons (Fsp3) is 0.609. The molecule has 2 aliphatic heterocycles. The molecule has 0 saturated carbocycles. The maximum Gasteiger partial charge on any atom is 0.407 e. The Labute approximate surface area is 194 Å². The molecule has 0 radical (unpaired) electrons. The number of piperidine rings is 1. The fourth-order valence-corrected chi connectivity index (χ4v) is 5.56. The predicted octanol–water partition coefficient (Wildman–Crippen LogP) is 3.74. The molecule has 2 aliphatic rings. The van der Waals surface area contributed by atoms with Gasteiger partial charge in [-0.05, 0) is 48.9 Å². The maximum absolute atomic E-state index is 11.7. The lowest BCUT2D eigenvalue weighted by atomic mass is 9.77. The van der Waals surface area contributed by atoms with E-state index in [1.165, 1.54) is 11.2 Å². The van der Waals surface area contributed by atoms with E-state index in [1.807, 2.05) is 12.1 Å². The smallest absolute Gasteiger partial charge is 0.407 e. The quantitative estimate of drug-likeness (QED) is 0.709. The van der Waals surface area contributed by atoms with Crippen LogP contribution in [0, 0.1) is 5.41 Å². The highest BCUT2D eigenvalue weighted by Gasteiger charge is 2.41. The van der Waals surface area contributed by atoms with Gasteiger partial charge in [-0.15, -0.1) is 0 Å². The Hall–Kier alpha value is -2.62. The van der Waals surface area contributed by atoms with Gasteiger partial charge in [0.1, 0.15) is 0 Å². The minimum absolute atomic E-state index is 0.0483. The van der Waals surface area contributed by atoms with E-state index >= 15 is 0 Å². The predicted molar refractivity (Wildman–Crippen MR) is 123 cm³/mol. The molecule has 3 unspecified atom stereocenters. The molecule has 1 N–H and O–H groups in total. The zero-order valence-corrected chi connectivity index (χ0v) is 20.4. The summed E-state index contributed by atoms with van der Waals surface area (Å²) in [5.74, 6) is 1.47. The third kappa shape index (κ3) is 5.00. The lowest BCUT2D eigenvalue weighted by Crippen LogP contribution is -2.51. The van der Waals surface area contributed by atoms with E-state index in [4.69, 9.17) is 9.51 Å². The number of sulfone groups is 1. The van der Waals surface area contributed by atoms with Gasteiger partial charge in [-0.1, -0.05) is 25.9 Å². The van der Waals surface area contributed by atoms with Crippen LogP contribution in [0.3, 0.4) is 0 Å². The maximum atomic E-state index is 11.7. The largest absolute Gasteiger partial charge is 0.465 e. The molecule has 2 saturated heterocycles. The molecule has 9 nitrogen and oxygen atoms in total. The summed E-state index contributed by atoms with van der Waals surface area (Å²) < 4.78 is 29.0. The van der Waals surface area contributed by atoms with Crippen LogP contribution in [0.1, 0.15) is 63.6 Å². The van der Waals surface area contributed by atoms with Gasteiger partial charge >= 0.3 is 6.09 Å². The average Bonchev–Trinajstić information content (AvgIpc) is 3.42. The van der Waals surface area contributed by atoms with Crippen LogP contribution < -0.4 is 4.90 Å². The van der Waals surface area contributed by atoms with Crippen molar-refractivity contribution in [1.82, 2.24) is 15.0 Å². The summed E-state index contributed by atoms with van der Waals surface area (Å²) in [6, 6.07) is 6.84. The highest BCUT2D eigenvalue weighted by molar-refractivity contribution is 7.90. The number of aromatic nitrogens is 2. The molecule has 10 heteroatoms. The van der Waals surface area contributed by atoms with Gasteiger partial charge in [0.25, 0.3) is 0 Å². The molecular formula is C23H32N4O5S. The van der Waals surface area contributed by atoms with Crippen molar-refractivity contribution in [2.24, 2.45) is 5.41 Å². The van der Waals surface area contributed by atoms with E-state index in [0.29, 0.717) is 36.0 Å². The van der Waals surface area contributed by atoms with Crippen LogP contribution in [-0.4, -0.2) is 66.6 Å². The fourth-order valence-electron chi connectivity index (χ4n) is 4.93. The van der Waals surface area contributed by atoms with Crippen LogP contribution in [0.25, 0.3) is 0 Å². The SMILES string of the molecule is CC(C)(C)C1CC(c2nc(C3CCN(c4ccc(S(C)(=O)=O)cc4)C3)no2)CCN1C(=O)O. The summed E-state index contributed by atoms with van der Waals surface area (Å²) in [4.78, 5) is 20.5. The van der Waals surface area contributed by atoms with Crippen molar-refractivity contribution in [2.75, 3.05) is 30.8 Å². The van der Waals surface area contributed by atoms with Gasteiger partial charge in [-0.25, -0.2) is 13.2 Å². The Morgan fingerprint density at radius 3 is 2.39 bits per heavy atom. The van der Waals surface area contributed by atoms with Gasteiger partial charge in [-0.3, -0.25) is 0 Å². The van der Waals surface area contributed by atoms with Crippen molar-refractivity contribution in [1.29, 1.82) is 0 Å². The van der Waals surface area contributed by atoms with E-state index in [0.717, 1.165) is 25.2 Å². The molecule has 2 fully saturated rings. The molecule has 4 rings (SSSR count).